The van der Waals surface area contributed by atoms with Crippen molar-refractivity contribution in [3.05, 3.63) is 42.0 Å². The number of esters is 1. The lowest BCUT2D eigenvalue weighted by Gasteiger charge is -2.35. The van der Waals surface area contributed by atoms with Crippen LogP contribution in [0.25, 0.3) is 10.8 Å². The minimum atomic E-state index is -0.679. The molecule has 0 saturated carbocycles. The number of aromatic hydroxyl groups is 1. The van der Waals surface area contributed by atoms with Gasteiger partial charge in [0.2, 0.25) is 0 Å². The highest BCUT2D eigenvalue weighted by Crippen LogP contribution is 2.29. The topological polar surface area (TPSA) is 66.8 Å². The second-order valence-corrected chi connectivity index (χ2v) is 6.40. The maximum absolute atomic E-state index is 12.4. The molecule has 132 valence electrons. The van der Waals surface area contributed by atoms with Crippen LogP contribution >= 0.6 is 0 Å². The van der Waals surface area contributed by atoms with Crippen LogP contribution in [-0.2, 0) is 9.53 Å². The monoisotopic (exact) mass is 341 g/mol. The number of carbonyl (C=O) groups is 2. The zero-order valence-corrected chi connectivity index (χ0v) is 14.4. The number of likely N-dealkylation sites (tertiary alicyclic amines) is 1. The number of phenolic OH excluding ortho intramolecular Hbond substituents is 1. The van der Waals surface area contributed by atoms with E-state index in [9.17, 15) is 14.7 Å². The summed E-state index contributed by atoms with van der Waals surface area (Å²) < 4.78 is 5.18. The van der Waals surface area contributed by atoms with Crippen LogP contribution in [0, 0.1) is 0 Å². The van der Waals surface area contributed by atoms with E-state index in [0.717, 1.165) is 37.6 Å². The molecule has 0 bridgehead atoms. The van der Waals surface area contributed by atoms with Crippen LogP contribution in [0.5, 0.6) is 5.75 Å². The Balaban J connectivity index is 1.68. The standard InChI is InChI=1S/C20H23NO4/c1-2-15-8-5-6-12-21(15)18(22)13-25-20(24)17-11-10-14-7-3-4-9-16(14)19(17)23/h3-4,7,9-11,15,23H,2,5-6,8,12-13H2,1H3/t15-/m1/s1. The molecule has 1 atom stereocenters. The van der Waals surface area contributed by atoms with Gasteiger partial charge < -0.3 is 14.7 Å². The molecule has 3 rings (SSSR count). The Hall–Kier alpha value is -2.56. The summed E-state index contributed by atoms with van der Waals surface area (Å²) >= 11 is 0. The molecular formula is C20H23NO4. The predicted octanol–water partition coefficient (Wildman–Crippen LogP) is 3.49. The molecule has 1 saturated heterocycles. The second kappa shape index (κ2) is 7.55. The number of ether oxygens (including phenoxy) is 1. The summed E-state index contributed by atoms with van der Waals surface area (Å²) in [6, 6.07) is 10.8. The molecule has 1 fully saturated rings. The second-order valence-electron chi connectivity index (χ2n) is 6.40. The van der Waals surface area contributed by atoms with Crippen LogP contribution < -0.4 is 0 Å². The average molecular weight is 341 g/mol. The molecular weight excluding hydrogens is 318 g/mol. The third kappa shape index (κ3) is 3.60. The molecule has 0 aliphatic carbocycles. The van der Waals surface area contributed by atoms with Gasteiger partial charge >= 0.3 is 5.97 Å². The normalized spacial score (nSPS) is 17.5. The zero-order valence-electron chi connectivity index (χ0n) is 14.4. The average Bonchev–Trinajstić information content (AvgIpc) is 2.66. The van der Waals surface area contributed by atoms with Gasteiger partial charge in [0.25, 0.3) is 5.91 Å². The molecule has 1 aliphatic rings. The van der Waals surface area contributed by atoms with Crippen molar-refractivity contribution in [2.24, 2.45) is 0 Å². The summed E-state index contributed by atoms with van der Waals surface area (Å²) in [6.45, 7) is 2.49. The fourth-order valence-corrected chi connectivity index (χ4v) is 3.46. The highest BCUT2D eigenvalue weighted by atomic mass is 16.5. The summed E-state index contributed by atoms with van der Waals surface area (Å²) in [6.07, 6.45) is 4.03. The maximum Gasteiger partial charge on any atom is 0.342 e. The zero-order chi connectivity index (χ0) is 17.8. The van der Waals surface area contributed by atoms with E-state index in [1.54, 1.807) is 18.2 Å². The molecule has 2 aromatic carbocycles. The van der Waals surface area contributed by atoms with Crippen LogP contribution in [0.15, 0.2) is 36.4 Å². The van der Waals surface area contributed by atoms with Crippen LogP contribution in [-0.4, -0.2) is 41.1 Å². The fourth-order valence-electron chi connectivity index (χ4n) is 3.46. The van der Waals surface area contributed by atoms with E-state index in [-0.39, 0.29) is 29.9 Å². The van der Waals surface area contributed by atoms with Crippen molar-refractivity contribution < 1.29 is 19.4 Å². The number of rotatable bonds is 4. The van der Waals surface area contributed by atoms with Gasteiger partial charge in [0.1, 0.15) is 11.3 Å². The molecule has 1 amide bonds. The van der Waals surface area contributed by atoms with Crippen LogP contribution in [0.2, 0.25) is 0 Å². The van der Waals surface area contributed by atoms with Crippen molar-refractivity contribution in [1.82, 2.24) is 4.90 Å². The van der Waals surface area contributed by atoms with Gasteiger partial charge in [-0.3, -0.25) is 4.79 Å². The number of nitrogens with zero attached hydrogens (tertiary/aromatic N) is 1. The van der Waals surface area contributed by atoms with Crippen LogP contribution in [0.3, 0.4) is 0 Å². The molecule has 1 aliphatic heterocycles. The van der Waals surface area contributed by atoms with E-state index in [1.165, 1.54) is 6.07 Å². The highest BCUT2D eigenvalue weighted by molar-refractivity contribution is 6.01. The summed E-state index contributed by atoms with van der Waals surface area (Å²) in [4.78, 5) is 26.5. The van der Waals surface area contributed by atoms with Gasteiger partial charge in [-0.1, -0.05) is 37.3 Å². The molecule has 0 radical (unpaired) electrons. The van der Waals surface area contributed by atoms with Crippen molar-refractivity contribution >= 4 is 22.6 Å². The minimum Gasteiger partial charge on any atom is -0.506 e. The Labute approximate surface area is 147 Å². The predicted molar refractivity (Wildman–Crippen MR) is 95.5 cm³/mol. The number of benzene rings is 2. The molecule has 0 unspecified atom stereocenters. The third-order valence-electron chi connectivity index (χ3n) is 4.87. The van der Waals surface area contributed by atoms with E-state index in [1.807, 2.05) is 17.0 Å². The quantitative estimate of drug-likeness (QED) is 0.865. The van der Waals surface area contributed by atoms with Crippen molar-refractivity contribution in [3.8, 4) is 5.75 Å². The van der Waals surface area contributed by atoms with Crippen LogP contribution in [0.1, 0.15) is 43.0 Å². The van der Waals surface area contributed by atoms with Crippen molar-refractivity contribution in [1.29, 1.82) is 0 Å². The first-order valence-corrected chi connectivity index (χ1v) is 8.79. The Kier molecular flexibility index (Phi) is 5.22. The fraction of sp³-hybridized carbons (Fsp3) is 0.400. The van der Waals surface area contributed by atoms with E-state index < -0.39 is 5.97 Å². The Morgan fingerprint density at radius 3 is 2.80 bits per heavy atom. The first kappa shape index (κ1) is 17.3. The molecule has 1 N–H and O–H groups in total. The highest BCUT2D eigenvalue weighted by Gasteiger charge is 2.26. The van der Waals surface area contributed by atoms with Crippen molar-refractivity contribution in [2.75, 3.05) is 13.2 Å². The lowest BCUT2D eigenvalue weighted by Crippen LogP contribution is -2.45. The van der Waals surface area contributed by atoms with Crippen LogP contribution in [0.4, 0.5) is 0 Å². The van der Waals surface area contributed by atoms with Gasteiger partial charge in [0.15, 0.2) is 6.61 Å². The number of piperidine rings is 1. The van der Waals surface area contributed by atoms with Crippen molar-refractivity contribution in [3.63, 3.8) is 0 Å². The van der Waals surface area contributed by atoms with Gasteiger partial charge in [-0.15, -0.1) is 0 Å². The Morgan fingerprint density at radius 1 is 1.20 bits per heavy atom. The largest absolute Gasteiger partial charge is 0.506 e. The first-order valence-electron chi connectivity index (χ1n) is 8.79. The number of hydrogen-bond donors (Lipinski definition) is 1. The third-order valence-corrected chi connectivity index (χ3v) is 4.87. The number of amides is 1. The SMILES string of the molecule is CC[C@@H]1CCCCN1C(=O)COC(=O)c1ccc2ccccc2c1O. The van der Waals surface area contributed by atoms with E-state index in [2.05, 4.69) is 6.92 Å². The summed E-state index contributed by atoms with van der Waals surface area (Å²) in [5.41, 5.74) is 0.0807. The molecule has 0 spiro atoms. The molecule has 2 aromatic rings. The van der Waals surface area contributed by atoms with Gasteiger partial charge in [0, 0.05) is 18.0 Å². The van der Waals surface area contributed by atoms with Gasteiger partial charge in [-0.2, -0.15) is 0 Å². The smallest absolute Gasteiger partial charge is 0.342 e. The first-order chi connectivity index (χ1) is 12.1. The Morgan fingerprint density at radius 2 is 2.00 bits per heavy atom. The lowest BCUT2D eigenvalue weighted by molar-refractivity contribution is -0.138. The number of hydrogen-bond acceptors (Lipinski definition) is 4. The lowest BCUT2D eigenvalue weighted by atomic mass is 10.00. The van der Waals surface area contributed by atoms with E-state index in [4.69, 9.17) is 4.74 Å². The number of carbonyl (C=O) groups excluding carboxylic acids is 2. The Bertz CT molecular complexity index is 786. The van der Waals surface area contributed by atoms with E-state index in [0.29, 0.717) is 5.39 Å². The molecule has 0 aromatic heterocycles. The maximum atomic E-state index is 12.4. The molecule has 1 heterocycles. The van der Waals surface area contributed by atoms with Gasteiger partial charge in [-0.25, -0.2) is 4.79 Å². The number of fused-ring (bicyclic) bond motifs is 1. The van der Waals surface area contributed by atoms with Crippen molar-refractivity contribution in [2.45, 2.75) is 38.6 Å². The van der Waals surface area contributed by atoms with E-state index >= 15 is 0 Å². The molecule has 5 nitrogen and oxygen atoms in total. The summed E-state index contributed by atoms with van der Waals surface area (Å²) in [5.74, 6) is -0.957. The van der Waals surface area contributed by atoms with Gasteiger partial charge in [-0.05, 0) is 37.1 Å². The van der Waals surface area contributed by atoms with Gasteiger partial charge in [0.05, 0.1) is 0 Å². The molecule has 25 heavy (non-hydrogen) atoms. The summed E-state index contributed by atoms with van der Waals surface area (Å²) in [5, 5.41) is 11.7. The summed E-state index contributed by atoms with van der Waals surface area (Å²) in [7, 11) is 0. The minimum absolute atomic E-state index is 0.0807. The molecule has 5 heteroatoms. The number of phenols is 1.